The van der Waals surface area contributed by atoms with Crippen molar-refractivity contribution >= 4 is 5.91 Å². The molecule has 1 rings (SSSR count). The van der Waals surface area contributed by atoms with Gasteiger partial charge in [-0.2, -0.15) is 5.26 Å². The van der Waals surface area contributed by atoms with E-state index in [9.17, 15) is 4.79 Å². The fourth-order valence-corrected chi connectivity index (χ4v) is 1.90. The lowest BCUT2D eigenvalue weighted by Crippen LogP contribution is -2.37. The summed E-state index contributed by atoms with van der Waals surface area (Å²) >= 11 is 0. The van der Waals surface area contributed by atoms with E-state index in [-0.39, 0.29) is 17.7 Å². The van der Waals surface area contributed by atoms with Crippen LogP contribution in [-0.4, -0.2) is 12.5 Å². The molecule has 12 heavy (non-hydrogen) atoms. The third kappa shape index (κ3) is 0.911. The Hall–Kier alpha value is -1.04. The maximum atomic E-state index is 11.4. The van der Waals surface area contributed by atoms with Crippen molar-refractivity contribution in [3.63, 3.8) is 0 Å². The molecule has 1 heterocycles. The highest BCUT2D eigenvalue weighted by Crippen LogP contribution is 2.38. The number of nitrogens with zero attached hydrogens (tertiary/aromatic N) is 1. The second-order valence-corrected chi connectivity index (χ2v) is 3.75. The van der Waals surface area contributed by atoms with E-state index in [2.05, 4.69) is 11.4 Å². The molecule has 1 amide bonds. The number of hydrogen-bond acceptors (Lipinski definition) is 2. The lowest BCUT2D eigenvalue weighted by Gasteiger charge is -2.26. The Morgan fingerprint density at radius 3 is 2.50 bits per heavy atom. The summed E-state index contributed by atoms with van der Waals surface area (Å²) in [6.07, 6.45) is 0. The number of amides is 1. The minimum atomic E-state index is -0.792. The standard InChI is InChI=1S/C9H14N2O/c1-6(2)9(5-10)7(3)4-11-8(9)12/h6-7H,4H2,1-3H3,(H,11,12)/t7-,9?/m1/s1. The number of carbonyl (C=O) groups excluding carboxylic acids is 1. The highest BCUT2D eigenvalue weighted by Gasteiger charge is 2.50. The van der Waals surface area contributed by atoms with Gasteiger partial charge in [-0.1, -0.05) is 20.8 Å². The Balaban J connectivity index is 3.07. The molecule has 1 fully saturated rings. The molecular weight excluding hydrogens is 152 g/mol. The van der Waals surface area contributed by atoms with E-state index < -0.39 is 5.41 Å². The molecule has 1 N–H and O–H groups in total. The summed E-state index contributed by atoms with van der Waals surface area (Å²) in [5.41, 5.74) is -0.792. The number of hydrogen-bond donors (Lipinski definition) is 1. The highest BCUT2D eigenvalue weighted by molar-refractivity contribution is 5.88. The first-order valence-electron chi connectivity index (χ1n) is 4.25. The summed E-state index contributed by atoms with van der Waals surface area (Å²) in [7, 11) is 0. The average Bonchev–Trinajstić information content (AvgIpc) is 2.29. The molecule has 0 aromatic rings. The van der Waals surface area contributed by atoms with Crippen molar-refractivity contribution in [2.24, 2.45) is 17.3 Å². The van der Waals surface area contributed by atoms with Crippen LogP contribution in [0, 0.1) is 28.6 Å². The molecule has 66 valence electrons. The Bertz CT molecular complexity index is 241. The zero-order valence-corrected chi connectivity index (χ0v) is 7.72. The molecule has 3 nitrogen and oxygen atoms in total. The number of rotatable bonds is 1. The zero-order valence-electron chi connectivity index (χ0n) is 7.72. The van der Waals surface area contributed by atoms with Crippen molar-refractivity contribution in [2.75, 3.05) is 6.54 Å². The highest BCUT2D eigenvalue weighted by atomic mass is 16.2. The van der Waals surface area contributed by atoms with Crippen molar-refractivity contribution in [3.8, 4) is 6.07 Å². The van der Waals surface area contributed by atoms with Gasteiger partial charge in [0.25, 0.3) is 0 Å². The van der Waals surface area contributed by atoms with Crippen LogP contribution in [0.2, 0.25) is 0 Å². The molecule has 1 unspecified atom stereocenters. The van der Waals surface area contributed by atoms with Gasteiger partial charge >= 0.3 is 0 Å². The second-order valence-electron chi connectivity index (χ2n) is 3.75. The summed E-state index contributed by atoms with van der Waals surface area (Å²) in [5.74, 6) is 0.0995. The molecule has 0 bridgehead atoms. The van der Waals surface area contributed by atoms with E-state index in [1.807, 2.05) is 20.8 Å². The number of carbonyl (C=O) groups is 1. The largest absolute Gasteiger partial charge is 0.354 e. The van der Waals surface area contributed by atoms with Crippen molar-refractivity contribution < 1.29 is 4.79 Å². The summed E-state index contributed by atoms with van der Waals surface area (Å²) in [4.78, 5) is 11.4. The SMILES string of the molecule is CC(C)C1(C#N)C(=O)NC[C@H]1C. The molecular formula is C9H14N2O. The topological polar surface area (TPSA) is 52.9 Å². The van der Waals surface area contributed by atoms with Gasteiger partial charge in [-0.3, -0.25) is 4.79 Å². The Labute approximate surface area is 72.8 Å². The molecule has 1 saturated heterocycles. The minimum Gasteiger partial charge on any atom is -0.354 e. The summed E-state index contributed by atoms with van der Waals surface area (Å²) < 4.78 is 0. The third-order valence-electron chi connectivity index (χ3n) is 2.82. The van der Waals surface area contributed by atoms with Gasteiger partial charge in [0.1, 0.15) is 5.41 Å². The lowest BCUT2D eigenvalue weighted by molar-refractivity contribution is -0.127. The zero-order chi connectivity index (χ0) is 9.35. The van der Waals surface area contributed by atoms with Gasteiger partial charge in [0.05, 0.1) is 6.07 Å². The van der Waals surface area contributed by atoms with Crippen LogP contribution in [0.5, 0.6) is 0 Å². The molecule has 0 aliphatic carbocycles. The Morgan fingerprint density at radius 1 is 1.75 bits per heavy atom. The smallest absolute Gasteiger partial charge is 0.241 e. The molecule has 0 aromatic carbocycles. The van der Waals surface area contributed by atoms with E-state index in [1.54, 1.807) is 0 Å². The minimum absolute atomic E-state index is 0.0833. The lowest BCUT2D eigenvalue weighted by atomic mass is 9.71. The van der Waals surface area contributed by atoms with Crippen LogP contribution in [0.3, 0.4) is 0 Å². The number of nitrogens with one attached hydrogen (secondary N) is 1. The first-order chi connectivity index (χ1) is 5.55. The van der Waals surface area contributed by atoms with E-state index >= 15 is 0 Å². The van der Waals surface area contributed by atoms with Crippen LogP contribution >= 0.6 is 0 Å². The summed E-state index contributed by atoms with van der Waals surface area (Å²) in [5, 5.41) is 11.7. The van der Waals surface area contributed by atoms with E-state index in [0.717, 1.165) is 0 Å². The molecule has 0 saturated carbocycles. The molecule has 0 spiro atoms. The van der Waals surface area contributed by atoms with Crippen LogP contribution < -0.4 is 5.32 Å². The van der Waals surface area contributed by atoms with Gasteiger partial charge < -0.3 is 5.32 Å². The first-order valence-corrected chi connectivity index (χ1v) is 4.25. The van der Waals surface area contributed by atoms with Crippen molar-refractivity contribution in [1.29, 1.82) is 5.26 Å². The van der Waals surface area contributed by atoms with Crippen LogP contribution in [-0.2, 0) is 4.79 Å². The van der Waals surface area contributed by atoms with E-state index in [1.165, 1.54) is 0 Å². The van der Waals surface area contributed by atoms with Crippen molar-refractivity contribution in [1.82, 2.24) is 5.32 Å². The molecule has 1 aliphatic rings. The maximum absolute atomic E-state index is 11.4. The van der Waals surface area contributed by atoms with Crippen molar-refractivity contribution in [2.45, 2.75) is 20.8 Å². The predicted molar refractivity (Wildman–Crippen MR) is 45.1 cm³/mol. The van der Waals surface area contributed by atoms with E-state index in [4.69, 9.17) is 5.26 Å². The van der Waals surface area contributed by atoms with Gasteiger partial charge in [-0.05, 0) is 5.92 Å². The molecule has 3 heteroatoms. The first kappa shape index (κ1) is 9.05. The van der Waals surface area contributed by atoms with Crippen LogP contribution in [0.25, 0.3) is 0 Å². The predicted octanol–water partition coefficient (Wildman–Crippen LogP) is 0.918. The average molecular weight is 166 g/mol. The quantitative estimate of drug-likeness (QED) is 0.629. The van der Waals surface area contributed by atoms with Crippen LogP contribution in [0.15, 0.2) is 0 Å². The Kier molecular flexibility index (Phi) is 2.10. The summed E-state index contributed by atoms with van der Waals surface area (Å²) in [6.45, 7) is 6.42. The van der Waals surface area contributed by atoms with Gasteiger partial charge in [-0.25, -0.2) is 0 Å². The fraction of sp³-hybridized carbons (Fsp3) is 0.778. The van der Waals surface area contributed by atoms with Crippen molar-refractivity contribution in [3.05, 3.63) is 0 Å². The van der Waals surface area contributed by atoms with Gasteiger partial charge in [0, 0.05) is 12.5 Å². The molecule has 2 atom stereocenters. The molecule has 0 aromatic heterocycles. The van der Waals surface area contributed by atoms with Crippen LogP contribution in [0.1, 0.15) is 20.8 Å². The van der Waals surface area contributed by atoms with Crippen LogP contribution in [0.4, 0.5) is 0 Å². The maximum Gasteiger partial charge on any atom is 0.241 e. The third-order valence-corrected chi connectivity index (χ3v) is 2.82. The van der Waals surface area contributed by atoms with Gasteiger partial charge in [0.2, 0.25) is 5.91 Å². The van der Waals surface area contributed by atoms with Gasteiger partial charge in [-0.15, -0.1) is 0 Å². The molecule has 0 radical (unpaired) electrons. The Morgan fingerprint density at radius 2 is 2.33 bits per heavy atom. The van der Waals surface area contributed by atoms with Gasteiger partial charge in [0.15, 0.2) is 0 Å². The fourth-order valence-electron chi connectivity index (χ4n) is 1.90. The summed E-state index contributed by atoms with van der Waals surface area (Å²) in [6, 6.07) is 2.16. The normalized spacial score (nSPS) is 34.9. The van der Waals surface area contributed by atoms with E-state index in [0.29, 0.717) is 6.54 Å². The monoisotopic (exact) mass is 166 g/mol. The number of nitriles is 1. The molecule has 1 aliphatic heterocycles. The second kappa shape index (κ2) is 2.78.